The number of hydrogen-bond donors (Lipinski definition) is 0. The summed E-state index contributed by atoms with van der Waals surface area (Å²) in [5.74, 6) is 0. The maximum Gasteiger partial charge on any atom is 0.494 e. The minimum absolute atomic E-state index is 0.337. The van der Waals surface area contributed by atoms with Gasteiger partial charge in [0.15, 0.2) is 0 Å². The van der Waals surface area contributed by atoms with E-state index in [1.165, 1.54) is 54.9 Å². The lowest BCUT2D eigenvalue weighted by Crippen LogP contribution is -2.41. The Bertz CT molecular complexity index is 3880. The van der Waals surface area contributed by atoms with Crippen LogP contribution in [0, 0.1) is 0 Å². The van der Waals surface area contributed by atoms with Gasteiger partial charge in [-0.1, -0.05) is 228 Å². The predicted molar refractivity (Wildman–Crippen MR) is 343 cm³/mol. The highest BCUT2D eigenvalue weighted by Crippen LogP contribution is 2.41. The Balaban J connectivity index is 0.000000132. The molecule has 0 spiro atoms. The molecule has 0 saturated carbocycles. The van der Waals surface area contributed by atoms with Gasteiger partial charge in [0.1, 0.15) is 0 Å². The highest BCUT2D eigenvalue weighted by molar-refractivity contribution is 9.10. The van der Waals surface area contributed by atoms with Crippen molar-refractivity contribution < 1.29 is 9.31 Å². The molecule has 0 radical (unpaired) electrons. The highest BCUT2D eigenvalue weighted by atomic mass is 79.9. The quantitative estimate of drug-likeness (QED) is 0.127. The number of hydrogen-bond acceptors (Lipinski definition) is 4. The van der Waals surface area contributed by atoms with Gasteiger partial charge in [-0.25, -0.2) is 0 Å². The van der Waals surface area contributed by atoms with E-state index < -0.39 is 0 Å². The van der Waals surface area contributed by atoms with Crippen molar-refractivity contribution in [3.8, 4) is 33.4 Å². The summed E-state index contributed by atoms with van der Waals surface area (Å²) < 4.78 is 13.6. The summed E-state index contributed by atoms with van der Waals surface area (Å²) >= 11 is 3.55. The fraction of sp³-hybridized carbons (Fsp3) is 0.0811. The fourth-order valence-corrected chi connectivity index (χ4v) is 10.7. The number of halogens is 1. The summed E-state index contributed by atoms with van der Waals surface area (Å²) in [4.78, 5) is 4.55. The van der Waals surface area contributed by atoms with Crippen LogP contribution in [-0.2, 0) is 9.31 Å². The lowest BCUT2D eigenvalue weighted by molar-refractivity contribution is 0.00578. The minimum Gasteiger partial charge on any atom is -0.399 e. The molecule has 1 fully saturated rings. The van der Waals surface area contributed by atoms with Gasteiger partial charge in [0.25, 0.3) is 0 Å². The van der Waals surface area contributed by atoms with Crippen LogP contribution in [0.15, 0.2) is 308 Å². The molecular formula is C74H62BBrN2O2. The first-order valence-electron chi connectivity index (χ1n) is 27.3. The van der Waals surface area contributed by atoms with E-state index in [4.69, 9.17) is 9.31 Å². The van der Waals surface area contributed by atoms with Gasteiger partial charge in [0.2, 0.25) is 0 Å². The first-order chi connectivity index (χ1) is 39.1. The van der Waals surface area contributed by atoms with Crippen LogP contribution >= 0.6 is 15.9 Å². The Morgan fingerprint density at radius 3 is 1.10 bits per heavy atom. The predicted octanol–water partition coefficient (Wildman–Crippen LogP) is 20.4. The first kappa shape index (κ1) is 53.2. The molecule has 80 heavy (non-hydrogen) atoms. The summed E-state index contributed by atoms with van der Waals surface area (Å²) in [5, 5.41) is 4.97. The second-order valence-electron chi connectivity index (χ2n) is 20.9. The Morgan fingerprint density at radius 2 is 0.650 bits per heavy atom. The molecule has 0 bridgehead atoms. The normalized spacial score (nSPS) is 13.1. The number of anilines is 6. The molecule has 12 aromatic rings. The summed E-state index contributed by atoms with van der Waals surface area (Å²) in [5.41, 5.74) is 14.6. The monoisotopic (exact) mass is 1100 g/mol. The second-order valence-corrected chi connectivity index (χ2v) is 21.8. The lowest BCUT2D eigenvalue weighted by Gasteiger charge is -2.32. The Hall–Kier alpha value is -8.78. The van der Waals surface area contributed by atoms with E-state index >= 15 is 0 Å². The molecule has 13 rings (SSSR count). The van der Waals surface area contributed by atoms with Crippen molar-refractivity contribution in [3.05, 3.63) is 308 Å². The van der Waals surface area contributed by atoms with Crippen LogP contribution < -0.4 is 15.3 Å². The van der Waals surface area contributed by atoms with E-state index in [0.717, 1.165) is 44.1 Å². The molecule has 390 valence electrons. The maximum absolute atomic E-state index is 6.27. The van der Waals surface area contributed by atoms with E-state index in [9.17, 15) is 0 Å². The van der Waals surface area contributed by atoms with E-state index in [-0.39, 0.29) is 18.3 Å². The van der Waals surface area contributed by atoms with Gasteiger partial charge < -0.3 is 19.1 Å². The van der Waals surface area contributed by atoms with Gasteiger partial charge in [0.05, 0.1) is 11.2 Å². The zero-order chi connectivity index (χ0) is 54.9. The summed E-state index contributed by atoms with van der Waals surface area (Å²) in [6.07, 6.45) is 0. The second kappa shape index (κ2) is 24.1. The molecular weight excluding hydrogens is 1040 g/mol. The van der Waals surface area contributed by atoms with Crippen LogP contribution in [0.3, 0.4) is 0 Å². The first-order valence-corrected chi connectivity index (χ1v) is 28.1. The Kier molecular flexibility index (Phi) is 16.0. The molecule has 1 saturated heterocycles. The molecule has 4 nitrogen and oxygen atoms in total. The van der Waals surface area contributed by atoms with Crippen LogP contribution in [0.25, 0.3) is 54.9 Å². The number of fused-ring (bicyclic) bond motifs is 2. The van der Waals surface area contributed by atoms with E-state index in [1.807, 2.05) is 24.3 Å². The SMILES string of the molecule is Brc1cccc(N(c2ccccc2)c2ccccc2)c1.CC1(C)OB(c2cc(-c3ccccc3)c3ccccc3c2)OC1(C)C.c1ccc(-c2cc(-c3cccc(N(c4ccccc4)c4ccccc4)c3)cc3ccccc23)cc1. The lowest BCUT2D eigenvalue weighted by atomic mass is 9.76. The topological polar surface area (TPSA) is 24.9 Å². The van der Waals surface area contributed by atoms with Crippen molar-refractivity contribution in [3.63, 3.8) is 0 Å². The fourth-order valence-electron chi connectivity index (χ4n) is 10.3. The zero-order valence-corrected chi connectivity index (χ0v) is 47.1. The molecule has 12 aromatic carbocycles. The van der Waals surface area contributed by atoms with Crippen LogP contribution in [0.5, 0.6) is 0 Å². The average molecular weight is 1100 g/mol. The van der Waals surface area contributed by atoms with Crippen LogP contribution in [0.1, 0.15) is 27.7 Å². The van der Waals surface area contributed by atoms with E-state index in [1.54, 1.807) is 0 Å². The summed E-state index contributed by atoms with van der Waals surface area (Å²) in [7, 11) is -0.350. The molecule has 1 aliphatic heterocycles. The van der Waals surface area contributed by atoms with Gasteiger partial charge in [0, 0.05) is 38.6 Å². The van der Waals surface area contributed by atoms with Gasteiger partial charge in [-0.3, -0.25) is 0 Å². The van der Waals surface area contributed by atoms with Crippen molar-refractivity contribution >= 4 is 84.2 Å². The molecule has 0 N–H and O–H groups in total. The van der Waals surface area contributed by atoms with E-state index in [0.29, 0.717) is 0 Å². The molecule has 0 aromatic heterocycles. The summed E-state index contributed by atoms with van der Waals surface area (Å²) in [6, 6.07) is 106. The van der Waals surface area contributed by atoms with Gasteiger partial charge in [-0.15, -0.1) is 0 Å². The molecule has 0 unspecified atom stereocenters. The number of rotatable bonds is 10. The third-order valence-corrected chi connectivity index (χ3v) is 15.5. The number of para-hydroxylation sites is 4. The zero-order valence-electron chi connectivity index (χ0n) is 45.5. The number of benzene rings is 12. The highest BCUT2D eigenvalue weighted by Gasteiger charge is 2.51. The Labute approximate surface area is 480 Å². The van der Waals surface area contributed by atoms with Crippen LogP contribution in [0.2, 0.25) is 0 Å². The largest absolute Gasteiger partial charge is 0.494 e. The average Bonchev–Trinajstić information content (AvgIpc) is 3.84. The van der Waals surface area contributed by atoms with Gasteiger partial charge in [-0.2, -0.15) is 0 Å². The van der Waals surface area contributed by atoms with Gasteiger partial charge in [-0.05, 0) is 179 Å². The molecule has 1 heterocycles. The molecule has 0 amide bonds. The smallest absolute Gasteiger partial charge is 0.399 e. The van der Waals surface area contributed by atoms with Gasteiger partial charge >= 0.3 is 7.12 Å². The molecule has 6 heteroatoms. The molecule has 1 aliphatic rings. The van der Waals surface area contributed by atoms with Crippen LogP contribution in [-0.4, -0.2) is 18.3 Å². The third kappa shape index (κ3) is 11.9. The van der Waals surface area contributed by atoms with E-state index in [2.05, 4.69) is 332 Å². The standard InChI is InChI=1S/C34H25N.C22H23BO2.C18H14BrN/c1-4-13-26(14-5-1)34-25-29(23-28-15-10-11-22-33(28)34)27-16-12-21-32(24-27)35(30-17-6-2-7-18-30)31-19-8-3-9-20-31;1-21(2)22(3,4)25-23(24-21)18-14-17-12-8-9-13-19(17)20(15-18)16-10-6-5-7-11-16;19-15-8-7-13-18(14-15)20(16-9-3-1-4-10-16)17-11-5-2-6-12-17/h1-25H;5-15H,1-4H3;1-14H. The molecule has 0 atom stereocenters. The number of nitrogens with zero attached hydrogens (tertiary/aromatic N) is 2. The maximum atomic E-state index is 6.27. The summed E-state index contributed by atoms with van der Waals surface area (Å²) in [6.45, 7) is 8.36. The van der Waals surface area contributed by atoms with Crippen molar-refractivity contribution in [1.29, 1.82) is 0 Å². The Morgan fingerprint density at radius 1 is 0.300 bits per heavy atom. The third-order valence-electron chi connectivity index (χ3n) is 15.0. The van der Waals surface area contributed by atoms with Crippen LogP contribution in [0.4, 0.5) is 34.1 Å². The van der Waals surface area contributed by atoms with Crippen molar-refractivity contribution in [2.75, 3.05) is 9.80 Å². The molecule has 0 aliphatic carbocycles. The van der Waals surface area contributed by atoms with Crippen molar-refractivity contribution in [2.45, 2.75) is 38.9 Å². The van der Waals surface area contributed by atoms with Crippen molar-refractivity contribution in [1.82, 2.24) is 0 Å². The van der Waals surface area contributed by atoms with Crippen molar-refractivity contribution in [2.24, 2.45) is 0 Å². The minimum atomic E-state index is -0.350.